The molecule has 126 valence electrons. The van der Waals surface area contributed by atoms with Crippen LogP contribution >= 0.6 is 0 Å². The predicted octanol–water partition coefficient (Wildman–Crippen LogP) is 2.24. The van der Waals surface area contributed by atoms with Gasteiger partial charge in [-0.25, -0.2) is 4.98 Å². The summed E-state index contributed by atoms with van der Waals surface area (Å²) >= 11 is 0. The van der Waals surface area contributed by atoms with Gasteiger partial charge in [-0.3, -0.25) is 4.79 Å². The molecule has 0 unspecified atom stereocenters. The topological polar surface area (TPSA) is 57.7 Å². The van der Waals surface area contributed by atoms with Crippen LogP contribution in [0.1, 0.15) is 10.4 Å². The van der Waals surface area contributed by atoms with Gasteiger partial charge in [-0.15, -0.1) is 0 Å². The summed E-state index contributed by atoms with van der Waals surface area (Å²) in [5.74, 6) is 0.387. The van der Waals surface area contributed by atoms with E-state index < -0.39 is 0 Å². The summed E-state index contributed by atoms with van der Waals surface area (Å²) in [4.78, 5) is 20.9. The molecule has 2 aromatic rings. The van der Waals surface area contributed by atoms with E-state index in [4.69, 9.17) is 4.74 Å². The first-order valence-electron chi connectivity index (χ1n) is 8.01. The maximum atomic E-state index is 12.4. The molecule has 1 aromatic heterocycles. The van der Waals surface area contributed by atoms with E-state index in [-0.39, 0.29) is 5.91 Å². The fraction of sp³-hybridized carbons (Fsp3) is 0.333. The van der Waals surface area contributed by atoms with Crippen LogP contribution in [0.25, 0.3) is 0 Å². The zero-order valence-corrected chi connectivity index (χ0v) is 14.0. The van der Waals surface area contributed by atoms with Crippen molar-refractivity contribution in [1.82, 2.24) is 4.98 Å². The Morgan fingerprint density at radius 3 is 2.67 bits per heavy atom. The fourth-order valence-electron chi connectivity index (χ4n) is 2.58. The number of carbonyl (C=O) groups is 1. The lowest BCUT2D eigenvalue weighted by molar-refractivity contribution is 0.102. The molecule has 0 radical (unpaired) electrons. The van der Waals surface area contributed by atoms with E-state index in [9.17, 15) is 4.79 Å². The maximum absolute atomic E-state index is 12.4. The van der Waals surface area contributed by atoms with Crippen LogP contribution in [0.3, 0.4) is 0 Å². The molecule has 1 aliphatic rings. The number of hydrogen-bond donors (Lipinski definition) is 1. The zero-order valence-electron chi connectivity index (χ0n) is 14.0. The molecule has 0 atom stereocenters. The maximum Gasteiger partial charge on any atom is 0.256 e. The van der Waals surface area contributed by atoms with Crippen molar-refractivity contribution in [2.75, 3.05) is 55.5 Å². The van der Waals surface area contributed by atoms with Crippen LogP contribution in [0.5, 0.6) is 0 Å². The number of amides is 1. The summed E-state index contributed by atoms with van der Waals surface area (Å²) < 4.78 is 5.35. The molecule has 1 saturated heterocycles. The van der Waals surface area contributed by atoms with Crippen LogP contribution in [0.15, 0.2) is 42.6 Å². The predicted molar refractivity (Wildman–Crippen MR) is 96.0 cm³/mol. The molecule has 1 N–H and O–H groups in total. The highest BCUT2D eigenvalue weighted by Gasteiger charge is 2.12. The van der Waals surface area contributed by atoms with Crippen molar-refractivity contribution in [3.05, 3.63) is 48.2 Å². The fourth-order valence-corrected chi connectivity index (χ4v) is 2.58. The Kier molecular flexibility index (Phi) is 4.96. The van der Waals surface area contributed by atoms with Crippen LogP contribution in [-0.2, 0) is 4.74 Å². The first-order valence-corrected chi connectivity index (χ1v) is 8.01. The number of morpholine rings is 1. The van der Waals surface area contributed by atoms with Crippen LogP contribution in [0.2, 0.25) is 0 Å². The third-order valence-electron chi connectivity index (χ3n) is 3.99. The molecule has 0 spiro atoms. The van der Waals surface area contributed by atoms with Crippen molar-refractivity contribution in [3.8, 4) is 0 Å². The Balaban J connectivity index is 1.67. The van der Waals surface area contributed by atoms with E-state index in [1.807, 2.05) is 49.3 Å². The van der Waals surface area contributed by atoms with Gasteiger partial charge in [0.15, 0.2) is 0 Å². The molecule has 2 heterocycles. The molecule has 6 heteroatoms. The Bertz CT molecular complexity index is 694. The first-order chi connectivity index (χ1) is 11.6. The lowest BCUT2D eigenvalue weighted by Gasteiger charge is -2.28. The molecule has 0 aliphatic carbocycles. The number of ether oxygens (including phenoxy) is 1. The number of anilines is 3. The van der Waals surface area contributed by atoms with Gasteiger partial charge in [0.1, 0.15) is 5.82 Å². The first kappa shape index (κ1) is 16.3. The van der Waals surface area contributed by atoms with Gasteiger partial charge in [-0.05, 0) is 30.3 Å². The highest BCUT2D eigenvalue weighted by molar-refractivity contribution is 6.04. The SMILES string of the molecule is CN(C)c1cccc(C(=O)Nc2ccc(N3CCOCC3)cn2)c1. The van der Waals surface area contributed by atoms with Gasteiger partial charge in [-0.1, -0.05) is 6.07 Å². The van der Waals surface area contributed by atoms with Gasteiger partial charge in [0.05, 0.1) is 25.1 Å². The van der Waals surface area contributed by atoms with Crippen molar-refractivity contribution in [1.29, 1.82) is 0 Å². The Morgan fingerprint density at radius 1 is 1.21 bits per heavy atom. The molecule has 24 heavy (non-hydrogen) atoms. The number of nitrogens with one attached hydrogen (secondary N) is 1. The van der Waals surface area contributed by atoms with Crippen molar-refractivity contribution in [3.63, 3.8) is 0 Å². The van der Waals surface area contributed by atoms with Gasteiger partial charge in [0.25, 0.3) is 5.91 Å². The van der Waals surface area contributed by atoms with Gasteiger partial charge in [-0.2, -0.15) is 0 Å². The Hall–Kier alpha value is -2.60. The molecule has 0 bridgehead atoms. The number of nitrogens with zero attached hydrogens (tertiary/aromatic N) is 3. The van der Waals surface area contributed by atoms with Crippen molar-refractivity contribution in [2.24, 2.45) is 0 Å². The van der Waals surface area contributed by atoms with Crippen LogP contribution < -0.4 is 15.1 Å². The van der Waals surface area contributed by atoms with E-state index in [0.29, 0.717) is 11.4 Å². The average molecular weight is 326 g/mol. The van der Waals surface area contributed by atoms with Crippen LogP contribution in [-0.4, -0.2) is 51.3 Å². The molecule has 1 amide bonds. The van der Waals surface area contributed by atoms with E-state index in [1.165, 1.54) is 0 Å². The van der Waals surface area contributed by atoms with E-state index >= 15 is 0 Å². The highest BCUT2D eigenvalue weighted by Crippen LogP contribution is 2.18. The Morgan fingerprint density at radius 2 is 2.00 bits per heavy atom. The molecule has 1 aromatic carbocycles. The lowest BCUT2D eigenvalue weighted by atomic mass is 10.2. The van der Waals surface area contributed by atoms with E-state index in [1.54, 1.807) is 12.3 Å². The third-order valence-corrected chi connectivity index (χ3v) is 3.99. The molecule has 3 rings (SSSR count). The summed E-state index contributed by atoms with van der Waals surface area (Å²) in [6.45, 7) is 3.21. The number of hydrogen-bond acceptors (Lipinski definition) is 5. The molecule has 0 saturated carbocycles. The second-order valence-electron chi connectivity index (χ2n) is 5.90. The summed E-state index contributed by atoms with van der Waals surface area (Å²) in [6.07, 6.45) is 1.79. The number of rotatable bonds is 4. The zero-order chi connectivity index (χ0) is 16.9. The molecular formula is C18H22N4O2. The number of benzene rings is 1. The summed E-state index contributed by atoms with van der Waals surface area (Å²) in [7, 11) is 3.89. The summed E-state index contributed by atoms with van der Waals surface area (Å²) in [5, 5.41) is 2.84. The average Bonchev–Trinajstić information content (AvgIpc) is 2.63. The highest BCUT2D eigenvalue weighted by atomic mass is 16.5. The minimum atomic E-state index is -0.162. The van der Waals surface area contributed by atoms with E-state index in [2.05, 4.69) is 15.2 Å². The van der Waals surface area contributed by atoms with Gasteiger partial charge >= 0.3 is 0 Å². The summed E-state index contributed by atoms with van der Waals surface area (Å²) in [6, 6.07) is 11.3. The summed E-state index contributed by atoms with van der Waals surface area (Å²) in [5.41, 5.74) is 2.64. The van der Waals surface area contributed by atoms with Crippen molar-refractivity contribution in [2.45, 2.75) is 0 Å². The largest absolute Gasteiger partial charge is 0.378 e. The number of aromatic nitrogens is 1. The minimum Gasteiger partial charge on any atom is -0.378 e. The molecule has 6 nitrogen and oxygen atoms in total. The van der Waals surface area contributed by atoms with Gasteiger partial charge in [0, 0.05) is 38.4 Å². The van der Waals surface area contributed by atoms with Gasteiger partial charge in [0.2, 0.25) is 0 Å². The second kappa shape index (κ2) is 7.31. The van der Waals surface area contributed by atoms with Crippen LogP contribution in [0, 0.1) is 0 Å². The monoisotopic (exact) mass is 326 g/mol. The van der Waals surface area contributed by atoms with Crippen molar-refractivity contribution >= 4 is 23.1 Å². The smallest absolute Gasteiger partial charge is 0.256 e. The molecular weight excluding hydrogens is 304 g/mol. The minimum absolute atomic E-state index is 0.162. The Labute approximate surface area is 142 Å². The standard InChI is InChI=1S/C18H22N4O2/c1-21(2)15-5-3-4-14(12-15)18(23)20-17-7-6-16(13-19-17)22-8-10-24-11-9-22/h3-7,12-13H,8-11H2,1-2H3,(H,19,20,23). The molecule has 1 aliphatic heterocycles. The van der Waals surface area contributed by atoms with E-state index in [0.717, 1.165) is 37.7 Å². The number of pyridine rings is 1. The third kappa shape index (κ3) is 3.83. The lowest BCUT2D eigenvalue weighted by Crippen LogP contribution is -2.36. The number of carbonyl (C=O) groups excluding carboxylic acids is 1. The van der Waals surface area contributed by atoms with Gasteiger partial charge < -0.3 is 19.9 Å². The van der Waals surface area contributed by atoms with Crippen molar-refractivity contribution < 1.29 is 9.53 Å². The normalized spacial score (nSPS) is 14.3. The second-order valence-corrected chi connectivity index (χ2v) is 5.90. The van der Waals surface area contributed by atoms with Crippen LogP contribution in [0.4, 0.5) is 17.2 Å². The quantitative estimate of drug-likeness (QED) is 0.934. The molecule has 1 fully saturated rings.